The second kappa shape index (κ2) is 11.3. The van der Waals surface area contributed by atoms with Crippen LogP contribution in [-0.4, -0.2) is 8.07 Å². The molecule has 0 spiro atoms. The van der Waals surface area contributed by atoms with E-state index in [1.165, 1.54) is 63.5 Å². The lowest BCUT2D eigenvalue weighted by Gasteiger charge is -2.29. The van der Waals surface area contributed by atoms with E-state index in [0.29, 0.717) is 0 Å². The maximum atomic E-state index is 2.47. The summed E-state index contributed by atoms with van der Waals surface area (Å²) in [4.78, 5) is 0. The van der Waals surface area contributed by atoms with Crippen molar-refractivity contribution in [2.45, 2.75) is 103 Å². The van der Waals surface area contributed by atoms with E-state index in [4.69, 9.17) is 0 Å². The Balaban J connectivity index is 3.88. The van der Waals surface area contributed by atoms with Crippen LogP contribution in [0.5, 0.6) is 0 Å². The van der Waals surface area contributed by atoms with Crippen molar-refractivity contribution < 1.29 is 0 Å². The highest BCUT2D eigenvalue weighted by Crippen LogP contribution is 2.30. The normalized spacial score (nSPS) is 12.0. The van der Waals surface area contributed by atoms with E-state index in [0.717, 1.165) is 0 Å². The molecule has 1 heteroatoms. The zero-order valence-electron chi connectivity index (χ0n) is 13.0. The first kappa shape index (κ1) is 17.2. The van der Waals surface area contributed by atoms with Crippen LogP contribution in [0.25, 0.3) is 0 Å². The van der Waals surface area contributed by atoms with Gasteiger partial charge in [-0.25, -0.2) is 0 Å². The molecule has 0 fully saturated rings. The Labute approximate surface area is 112 Å². The topological polar surface area (TPSA) is 0 Å². The zero-order valence-corrected chi connectivity index (χ0v) is 14.0. The summed E-state index contributed by atoms with van der Waals surface area (Å²) in [6.07, 6.45) is 11.7. The minimum absolute atomic E-state index is 0.843. The van der Waals surface area contributed by atoms with Crippen molar-refractivity contribution in [2.24, 2.45) is 0 Å². The molecule has 0 aliphatic rings. The Morgan fingerprint density at radius 1 is 0.529 bits per heavy atom. The molecule has 0 N–H and O–H groups in total. The monoisotopic (exact) mass is 256 g/mol. The summed E-state index contributed by atoms with van der Waals surface area (Å²) < 4.78 is 0. The van der Waals surface area contributed by atoms with Gasteiger partial charge in [-0.05, 0) is 0 Å². The van der Waals surface area contributed by atoms with Crippen LogP contribution in [0.4, 0.5) is 0 Å². The van der Waals surface area contributed by atoms with Crippen molar-refractivity contribution in [3.63, 3.8) is 0 Å². The van der Waals surface area contributed by atoms with Crippen molar-refractivity contribution in [1.82, 2.24) is 0 Å². The Bertz CT molecular complexity index is 136. The molecule has 0 bridgehead atoms. The minimum Gasteiger partial charge on any atom is -0.0678 e. The lowest BCUT2D eigenvalue weighted by atomic mass is 10.2. The summed E-state index contributed by atoms with van der Waals surface area (Å²) in [6.45, 7) is 9.56. The standard InChI is InChI=1S/C16H36Si/c1-5-9-11-13-15-17(7-3,8-4)16-14-12-10-6-2/h5-16H2,1-4H3. The number of rotatable bonds is 12. The van der Waals surface area contributed by atoms with Crippen molar-refractivity contribution in [2.75, 3.05) is 0 Å². The van der Waals surface area contributed by atoms with Gasteiger partial charge in [-0.2, -0.15) is 0 Å². The van der Waals surface area contributed by atoms with Gasteiger partial charge < -0.3 is 0 Å². The first-order chi connectivity index (χ1) is 8.24. The average Bonchev–Trinajstić information content (AvgIpc) is 2.37. The highest BCUT2D eigenvalue weighted by Gasteiger charge is 2.27. The predicted octanol–water partition coefficient (Wildman–Crippen LogP) is 6.64. The molecular formula is C16H36Si. The molecule has 0 radical (unpaired) electrons. The third kappa shape index (κ3) is 8.02. The molecule has 0 aliphatic carbocycles. The van der Waals surface area contributed by atoms with E-state index in [2.05, 4.69) is 27.7 Å². The molecule has 0 aliphatic heterocycles. The highest BCUT2D eigenvalue weighted by atomic mass is 28.3. The van der Waals surface area contributed by atoms with E-state index >= 15 is 0 Å². The number of hydrogen-bond donors (Lipinski definition) is 0. The van der Waals surface area contributed by atoms with Crippen molar-refractivity contribution in [3.05, 3.63) is 0 Å². The molecule has 0 aromatic heterocycles. The molecule has 0 heterocycles. The average molecular weight is 257 g/mol. The summed E-state index contributed by atoms with van der Waals surface area (Å²) in [5, 5.41) is 0. The smallest absolute Gasteiger partial charge is 0.0530 e. The molecule has 104 valence electrons. The van der Waals surface area contributed by atoms with E-state index in [-0.39, 0.29) is 0 Å². The van der Waals surface area contributed by atoms with Crippen LogP contribution in [0.15, 0.2) is 0 Å². The molecule has 0 saturated carbocycles. The van der Waals surface area contributed by atoms with Gasteiger partial charge in [0.15, 0.2) is 0 Å². The van der Waals surface area contributed by atoms with Crippen molar-refractivity contribution in [3.8, 4) is 0 Å². The van der Waals surface area contributed by atoms with Gasteiger partial charge in [-0.3, -0.25) is 0 Å². The van der Waals surface area contributed by atoms with Gasteiger partial charge >= 0.3 is 0 Å². The van der Waals surface area contributed by atoms with Gasteiger partial charge in [0.1, 0.15) is 0 Å². The van der Waals surface area contributed by atoms with Crippen LogP contribution in [0.3, 0.4) is 0 Å². The summed E-state index contributed by atoms with van der Waals surface area (Å²) in [5.74, 6) is 0. The first-order valence-corrected chi connectivity index (χ1v) is 11.1. The fourth-order valence-corrected chi connectivity index (χ4v) is 7.10. The molecular weight excluding hydrogens is 220 g/mol. The Morgan fingerprint density at radius 3 is 1.24 bits per heavy atom. The lowest BCUT2D eigenvalue weighted by Crippen LogP contribution is -2.31. The SMILES string of the molecule is CCCCCC[Si](CC)(CC)CCCCCC. The van der Waals surface area contributed by atoms with Gasteiger partial charge in [0.2, 0.25) is 0 Å². The van der Waals surface area contributed by atoms with E-state index in [1.54, 1.807) is 12.1 Å². The third-order valence-electron chi connectivity index (χ3n) is 4.62. The van der Waals surface area contributed by atoms with E-state index in [1.807, 2.05) is 0 Å². The van der Waals surface area contributed by atoms with E-state index < -0.39 is 8.07 Å². The number of unbranched alkanes of at least 4 members (excludes halogenated alkanes) is 6. The number of hydrogen-bond acceptors (Lipinski definition) is 0. The Kier molecular flexibility index (Phi) is 11.5. The Hall–Kier alpha value is 0.217. The second-order valence-corrected chi connectivity index (χ2v) is 11.2. The van der Waals surface area contributed by atoms with Gasteiger partial charge in [-0.1, -0.05) is 103 Å². The molecule has 0 aromatic rings. The van der Waals surface area contributed by atoms with Gasteiger partial charge in [-0.15, -0.1) is 0 Å². The second-order valence-electron chi connectivity index (χ2n) is 5.83. The fraction of sp³-hybridized carbons (Fsp3) is 1.00. The summed E-state index contributed by atoms with van der Waals surface area (Å²) >= 11 is 0. The molecule has 17 heavy (non-hydrogen) atoms. The summed E-state index contributed by atoms with van der Waals surface area (Å²) in [6, 6.07) is 6.29. The first-order valence-electron chi connectivity index (χ1n) is 8.24. The molecule has 0 aromatic carbocycles. The maximum absolute atomic E-state index is 2.47. The van der Waals surface area contributed by atoms with Gasteiger partial charge in [0.05, 0.1) is 8.07 Å². The molecule has 0 amide bonds. The highest BCUT2D eigenvalue weighted by molar-refractivity contribution is 6.79. The van der Waals surface area contributed by atoms with Crippen LogP contribution in [-0.2, 0) is 0 Å². The zero-order chi connectivity index (χ0) is 13.0. The largest absolute Gasteiger partial charge is 0.0678 e. The molecule has 0 unspecified atom stereocenters. The summed E-state index contributed by atoms with van der Waals surface area (Å²) in [5.41, 5.74) is 0. The van der Waals surface area contributed by atoms with Crippen LogP contribution in [0, 0.1) is 0 Å². The van der Waals surface area contributed by atoms with Crippen LogP contribution < -0.4 is 0 Å². The summed E-state index contributed by atoms with van der Waals surface area (Å²) in [7, 11) is -0.843. The molecule has 0 nitrogen and oxygen atoms in total. The van der Waals surface area contributed by atoms with E-state index in [9.17, 15) is 0 Å². The quantitative estimate of drug-likeness (QED) is 0.271. The third-order valence-corrected chi connectivity index (χ3v) is 10.4. The molecule has 0 rings (SSSR count). The van der Waals surface area contributed by atoms with Gasteiger partial charge in [0.25, 0.3) is 0 Å². The van der Waals surface area contributed by atoms with Crippen LogP contribution >= 0.6 is 0 Å². The molecule has 0 saturated heterocycles. The Morgan fingerprint density at radius 2 is 0.941 bits per heavy atom. The fourth-order valence-electron chi connectivity index (χ4n) is 2.94. The lowest BCUT2D eigenvalue weighted by molar-refractivity contribution is 0.677. The van der Waals surface area contributed by atoms with Crippen molar-refractivity contribution in [1.29, 1.82) is 0 Å². The van der Waals surface area contributed by atoms with Crippen LogP contribution in [0.2, 0.25) is 24.2 Å². The maximum Gasteiger partial charge on any atom is 0.0530 e. The minimum atomic E-state index is -0.843. The predicted molar refractivity (Wildman–Crippen MR) is 84.6 cm³/mol. The van der Waals surface area contributed by atoms with Crippen molar-refractivity contribution >= 4 is 8.07 Å². The molecule has 0 atom stereocenters. The van der Waals surface area contributed by atoms with Crippen LogP contribution in [0.1, 0.15) is 79.1 Å². The van der Waals surface area contributed by atoms with Gasteiger partial charge in [0, 0.05) is 0 Å².